The number of aryl methyl sites for hydroxylation is 3. The van der Waals surface area contributed by atoms with Crippen LogP contribution in [0, 0.1) is 13.8 Å². The molecule has 2 aromatic rings. The number of piperidine rings is 1. The van der Waals surface area contributed by atoms with Crippen LogP contribution in [-0.2, 0) is 21.2 Å². The number of sulfonamides is 1. The Morgan fingerprint density at radius 1 is 1.03 bits per heavy atom. The normalized spacial score (nSPS) is 14.6. The fourth-order valence-electron chi connectivity index (χ4n) is 3.92. The summed E-state index contributed by atoms with van der Waals surface area (Å²) < 4.78 is 38.7. The highest BCUT2D eigenvalue weighted by atomic mass is 32.2. The van der Waals surface area contributed by atoms with Gasteiger partial charge in [0.1, 0.15) is 18.1 Å². The van der Waals surface area contributed by atoms with Crippen molar-refractivity contribution in [2.45, 2.75) is 50.8 Å². The van der Waals surface area contributed by atoms with E-state index in [1.807, 2.05) is 32.0 Å². The van der Waals surface area contributed by atoms with E-state index >= 15 is 0 Å². The van der Waals surface area contributed by atoms with Gasteiger partial charge in [-0.2, -0.15) is 4.31 Å². The van der Waals surface area contributed by atoms with Gasteiger partial charge in [-0.1, -0.05) is 18.6 Å². The van der Waals surface area contributed by atoms with Gasteiger partial charge in [0.2, 0.25) is 15.9 Å². The van der Waals surface area contributed by atoms with Gasteiger partial charge in [0.25, 0.3) is 0 Å². The number of nitrogens with zero attached hydrogens (tertiary/aromatic N) is 1. The van der Waals surface area contributed by atoms with Crippen LogP contribution >= 0.6 is 0 Å². The molecule has 1 saturated heterocycles. The number of benzene rings is 2. The average Bonchev–Trinajstić information content (AvgIpc) is 2.82. The highest BCUT2D eigenvalue weighted by Gasteiger charge is 2.26. The minimum absolute atomic E-state index is 0.120. The summed E-state index contributed by atoms with van der Waals surface area (Å²) in [6.07, 6.45) is 3.44. The van der Waals surface area contributed by atoms with E-state index in [0.717, 1.165) is 36.1 Å². The number of amides is 1. The quantitative estimate of drug-likeness (QED) is 0.532. The maximum Gasteiger partial charge on any atom is 0.243 e. The smallest absolute Gasteiger partial charge is 0.243 e. The number of hydrogen-bond donors (Lipinski definition) is 1. The molecule has 3 rings (SSSR count). The third-order valence-electron chi connectivity index (χ3n) is 5.85. The molecule has 0 saturated carbocycles. The lowest BCUT2D eigenvalue weighted by atomic mass is 10.1. The molecule has 0 atom stereocenters. The van der Waals surface area contributed by atoms with Crippen molar-refractivity contribution in [2.75, 3.05) is 33.4 Å². The minimum Gasteiger partial charge on any atom is -0.496 e. The van der Waals surface area contributed by atoms with Crippen molar-refractivity contribution in [1.82, 2.24) is 9.62 Å². The van der Waals surface area contributed by atoms with E-state index in [2.05, 4.69) is 5.32 Å². The topological polar surface area (TPSA) is 84.9 Å². The summed E-state index contributed by atoms with van der Waals surface area (Å²) in [5.41, 5.74) is 2.88. The van der Waals surface area contributed by atoms with Crippen molar-refractivity contribution >= 4 is 15.9 Å². The largest absolute Gasteiger partial charge is 0.496 e. The van der Waals surface area contributed by atoms with Crippen molar-refractivity contribution in [3.05, 3.63) is 53.1 Å². The van der Waals surface area contributed by atoms with Gasteiger partial charge in [-0.15, -0.1) is 0 Å². The Hall–Kier alpha value is -2.58. The fraction of sp³-hybridized carbons (Fsp3) is 0.480. The molecule has 7 nitrogen and oxygen atoms in total. The van der Waals surface area contributed by atoms with Crippen LogP contribution in [0.15, 0.2) is 41.3 Å². The molecule has 33 heavy (non-hydrogen) atoms. The first-order valence-corrected chi connectivity index (χ1v) is 12.9. The standard InChI is InChI=1S/C25H34N2O5S/c1-19-7-8-20(2)24(17-19)32-16-13-26-25(28)12-9-21-18-22(10-11-23(21)31-3)33(29,30)27-14-5-4-6-15-27/h7-8,10-11,17-18H,4-6,9,12-16H2,1-3H3,(H,26,28). The van der Waals surface area contributed by atoms with E-state index in [4.69, 9.17) is 9.47 Å². The molecule has 8 heteroatoms. The molecule has 180 valence electrons. The Kier molecular flexibility index (Phi) is 8.74. The molecule has 0 aliphatic carbocycles. The molecule has 0 radical (unpaired) electrons. The zero-order valence-electron chi connectivity index (χ0n) is 19.7. The predicted octanol–water partition coefficient (Wildman–Crippen LogP) is 3.61. The van der Waals surface area contributed by atoms with Crippen LogP contribution in [0.2, 0.25) is 0 Å². The Labute approximate surface area is 197 Å². The van der Waals surface area contributed by atoms with E-state index < -0.39 is 10.0 Å². The summed E-state index contributed by atoms with van der Waals surface area (Å²) >= 11 is 0. The second kappa shape index (κ2) is 11.5. The van der Waals surface area contributed by atoms with Gasteiger partial charge < -0.3 is 14.8 Å². The molecule has 2 aromatic carbocycles. The maximum atomic E-state index is 13.0. The van der Waals surface area contributed by atoms with Crippen molar-refractivity contribution in [2.24, 2.45) is 0 Å². The summed E-state index contributed by atoms with van der Waals surface area (Å²) in [4.78, 5) is 12.6. The predicted molar refractivity (Wildman–Crippen MR) is 128 cm³/mol. The monoisotopic (exact) mass is 474 g/mol. The fourth-order valence-corrected chi connectivity index (χ4v) is 5.48. The zero-order valence-corrected chi connectivity index (χ0v) is 20.5. The summed E-state index contributed by atoms with van der Waals surface area (Å²) in [6, 6.07) is 10.9. The number of nitrogens with one attached hydrogen (secondary N) is 1. The molecule has 0 aromatic heterocycles. The molecular weight excluding hydrogens is 440 g/mol. The SMILES string of the molecule is COc1ccc(S(=O)(=O)N2CCCCC2)cc1CCC(=O)NCCOc1cc(C)ccc1C. The van der Waals surface area contributed by atoms with Gasteiger partial charge in [-0.3, -0.25) is 4.79 Å². The highest BCUT2D eigenvalue weighted by Crippen LogP contribution is 2.27. The van der Waals surface area contributed by atoms with Crippen LogP contribution in [0.4, 0.5) is 0 Å². The molecule has 1 aliphatic rings. The molecule has 0 bridgehead atoms. The Morgan fingerprint density at radius 2 is 1.79 bits per heavy atom. The minimum atomic E-state index is -3.54. The van der Waals surface area contributed by atoms with Gasteiger partial charge in [0.05, 0.1) is 18.6 Å². The molecule has 0 spiro atoms. The molecule has 0 unspecified atom stereocenters. The van der Waals surface area contributed by atoms with Crippen molar-refractivity contribution < 1.29 is 22.7 Å². The average molecular weight is 475 g/mol. The van der Waals surface area contributed by atoms with Crippen molar-refractivity contribution in [3.8, 4) is 11.5 Å². The Balaban J connectivity index is 1.54. The summed E-state index contributed by atoms with van der Waals surface area (Å²) in [5, 5.41) is 2.86. The summed E-state index contributed by atoms with van der Waals surface area (Å²) in [7, 11) is -1.99. The van der Waals surface area contributed by atoms with Gasteiger partial charge in [0, 0.05) is 19.5 Å². The van der Waals surface area contributed by atoms with E-state index in [1.54, 1.807) is 29.6 Å². The van der Waals surface area contributed by atoms with Crippen LogP contribution in [0.3, 0.4) is 0 Å². The summed E-state index contributed by atoms with van der Waals surface area (Å²) in [6.45, 7) is 5.87. The van der Waals surface area contributed by atoms with Crippen molar-refractivity contribution in [3.63, 3.8) is 0 Å². The van der Waals surface area contributed by atoms with Crippen LogP contribution < -0.4 is 14.8 Å². The van der Waals surface area contributed by atoms with E-state index in [9.17, 15) is 13.2 Å². The molecule has 1 aliphatic heterocycles. The number of ether oxygens (including phenoxy) is 2. The van der Waals surface area contributed by atoms with Gasteiger partial charge >= 0.3 is 0 Å². The number of carbonyl (C=O) groups is 1. The van der Waals surface area contributed by atoms with E-state index in [0.29, 0.717) is 44.0 Å². The Bertz CT molecular complexity index is 1060. The van der Waals surface area contributed by atoms with Gasteiger partial charge in [0.15, 0.2) is 0 Å². The molecule has 1 N–H and O–H groups in total. The first kappa shape index (κ1) is 25.1. The second-order valence-corrected chi connectivity index (χ2v) is 10.3. The maximum absolute atomic E-state index is 13.0. The van der Waals surface area contributed by atoms with Crippen LogP contribution in [-0.4, -0.2) is 52.0 Å². The lowest BCUT2D eigenvalue weighted by Gasteiger charge is -2.26. The zero-order chi connectivity index (χ0) is 23.8. The van der Waals surface area contributed by atoms with Crippen LogP contribution in [0.5, 0.6) is 11.5 Å². The molecule has 1 heterocycles. The van der Waals surface area contributed by atoms with E-state index in [-0.39, 0.29) is 17.2 Å². The number of methoxy groups -OCH3 is 1. The van der Waals surface area contributed by atoms with Gasteiger partial charge in [-0.05, 0) is 74.1 Å². The molecular formula is C25H34N2O5S. The lowest BCUT2D eigenvalue weighted by molar-refractivity contribution is -0.121. The van der Waals surface area contributed by atoms with E-state index in [1.165, 1.54) is 0 Å². The lowest BCUT2D eigenvalue weighted by Crippen LogP contribution is -2.35. The summed E-state index contributed by atoms with van der Waals surface area (Å²) in [5.74, 6) is 1.28. The van der Waals surface area contributed by atoms with Gasteiger partial charge in [-0.25, -0.2) is 8.42 Å². The third kappa shape index (κ3) is 6.71. The molecule has 1 amide bonds. The first-order chi connectivity index (χ1) is 15.8. The van der Waals surface area contributed by atoms with Crippen molar-refractivity contribution in [1.29, 1.82) is 0 Å². The number of carbonyl (C=O) groups excluding carboxylic acids is 1. The van der Waals surface area contributed by atoms with Crippen LogP contribution in [0.1, 0.15) is 42.4 Å². The first-order valence-electron chi connectivity index (χ1n) is 11.4. The Morgan fingerprint density at radius 3 is 2.52 bits per heavy atom. The second-order valence-electron chi connectivity index (χ2n) is 8.41. The number of rotatable bonds is 10. The van der Waals surface area contributed by atoms with Crippen LogP contribution in [0.25, 0.3) is 0 Å². The third-order valence-corrected chi connectivity index (χ3v) is 7.75. The number of hydrogen-bond acceptors (Lipinski definition) is 5. The highest BCUT2D eigenvalue weighted by molar-refractivity contribution is 7.89. The molecule has 1 fully saturated rings.